The zero-order chi connectivity index (χ0) is 10.3. The SMILES string of the molecule is CCNC(=O)CSCC(C)C(=O)O. The molecule has 0 rings (SSSR count). The summed E-state index contributed by atoms with van der Waals surface area (Å²) >= 11 is 1.34. The van der Waals surface area contributed by atoms with Crippen molar-refractivity contribution in [1.82, 2.24) is 5.32 Å². The van der Waals surface area contributed by atoms with Gasteiger partial charge in [-0.3, -0.25) is 9.59 Å². The number of carboxylic acids is 1. The topological polar surface area (TPSA) is 66.4 Å². The molecule has 2 N–H and O–H groups in total. The zero-order valence-electron chi connectivity index (χ0n) is 7.87. The lowest BCUT2D eigenvalue weighted by Gasteiger charge is -2.05. The molecule has 0 aliphatic carbocycles. The van der Waals surface area contributed by atoms with Crippen LogP contribution in [0.15, 0.2) is 0 Å². The van der Waals surface area contributed by atoms with E-state index in [4.69, 9.17) is 5.11 Å². The standard InChI is InChI=1S/C8H15NO3S/c1-3-9-7(10)5-13-4-6(2)8(11)12/h6H,3-5H2,1-2H3,(H,9,10)(H,11,12). The van der Waals surface area contributed by atoms with Crippen molar-refractivity contribution in [2.75, 3.05) is 18.1 Å². The van der Waals surface area contributed by atoms with E-state index in [9.17, 15) is 9.59 Å². The molecule has 0 bridgehead atoms. The highest BCUT2D eigenvalue weighted by atomic mass is 32.2. The maximum absolute atomic E-state index is 10.9. The Bertz CT molecular complexity index is 184. The van der Waals surface area contributed by atoms with Crippen LogP contribution in [0.3, 0.4) is 0 Å². The third-order valence-electron chi connectivity index (χ3n) is 1.40. The van der Waals surface area contributed by atoms with Gasteiger partial charge in [0.25, 0.3) is 0 Å². The predicted molar refractivity (Wildman–Crippen MR) is 52.8 cm³/mol. The molecular weight excluding hydrogens is 190 g/mol. The highest BCUT2D eigenvalue weighted by molar-refractivity contribution is 7.99. The molecule has 76 valence electrons. The summed E-state index contributed by atoms with van der Waals surface area (Å²) in [6.07, 6.45) is 0. The minimum atomic E-state index is -0.816. The molecule has 0 aliphatic heterocycles. The zero-order valence-corrected chi connectivity index (χ0v) is 8.69. The molecule has 1 unspecified atom stereocenters. The minimum absolute atomic E-state index is 0.0370. The van der Waals surface area contributed by atoms with Gasteiger partial charge in [-0.15, -0.1) is 0 Å². The Labute approximate surface area is 82.1 Å². The van der Waals surface area contributed by atoms with Gasteiger partial charge in [-0.05, 0) is 6.92 Å². The summed E-state index contributed by atoms with van der Waals surface area (Å²) in [5, 5.41) is 11.2. The molecule has 0 aromatic rings. The molecule has 0 aromatic heterocycles. The van der Waals surface area contributed by atoms with Gasteiger partial charge in [-0.1, -0.05) is 6.92 Å². The summed E-state index contributed by atoms with van der Waals surface area (Å²) < 4.78 is 0. The van der Waals surface area contributed by atoms with Gasteiger partial charge in [0.05, 0.1) is 11.7 Å². The third kappa shape index (κ3) is 6.45. The van der Waals surface area contributed by atoms with Crippen LogP contribution in [0, 0.1) is 5.92 Å². The molecule has 0 saturated carbocycles. The van der Waals surface area contributed by atoms with Crippen molar-refractivity contribution in [2.24, 2.45) is 5.92 Å². The monoisotopic (exact) mass is 205 g/mol. The average molecular weight is 205 g/mol. The van der Waals surface area contributed by atoms with E-state index in [0.717, 1.165) is 0 Å². The lowest BCUT2D eigenvalue weighted by atomic mass is 10.2. The van der Waals surface area contributed by atoms with Gasteiger partial charge >= 0.3 is 5.97 Å². The van der Waals surface area contributed by atoms with Crippen molar-refractivity contribution in [3.8, 4) is 0 Å². The van der Waals surface area contributed by atoms with E-state index in [1.165, 1.54) is 11.8 Å². The molecule has 5 heteroatoms. The first kappa shape index (κ1) is 12.3. The first-order chi connectivity index (χ1) is 6.07. The Morgan fingerprint density at radius 3 is 2.62 bits per heavy atom. The Morgan fingerprint density at radius 1 is 1.54 bits per heavy atom. The van der Waals surface area contributed by atoms with Crippen LogP contribution in [-0.4, -0.2) is 35.0 Å². The van der Waals surface area contributed by atoms with Gasteiger partial charge < -0.3 is 10.4 Å². The van der Waals surface area contributed by atoms with E-state index in [0.29, 0.717) is 18.1 Å². The van der Waals surface area contributed by atoms with Gasteiger partial charge in [-0.2, -0.15) is 11.8 Å². The van der Waals surface area contributed by atoms with Gasteiger partial charge in [-0.25, -0.2) is 0 Å². The highest BCUT2D eigenvalue weighted by Gasteiger charge is 2.11. The van der Waals surface area contributed by atoms with Crippen LogP contribution in [0.4, 0.5) is 0 Å². The molecule has 0 aromatic carbocycles. The van der Waals surface area contributed by atoms with E-state index in [1.807, 2.05) is 6.92 Å². The molecule has 0 radical (unpaired) electrons. The van der Waals surface area contributed by atoms with Crippen LogP contribution < -0.4 is 5.32 Å². The number of hydrogen-bond acceptors (Lipinski definition) is 3. The largest absolute Gasteiger partial charge is 0.481 e. The summed E-state index contributed by atoms with van der Waals surface area (Å²) in [7, 11) is 0. The Morgan fingerprint density at radius 2 is 2.15 bits per heavy atom. The molecule has 4 nitrogen and oxygen atoms in total. The molecule has 13 heavy (non-hydrogen) atoms. The molecule has 1 amide bonds. The van der Waals surface area contributed by atoms with Crippen LogP contribution in [0.5, 0.6) is 0 Å². The van der Waals surface area contributed by atoms with E-state index in [1.54, 1.807) is 6.92 Å². The summed E-state index contributed by atoms with van der Waals surface area (Å²) in [6.45, 7) is 4.10. The second-order valence-corrected chi connectivity index (χ2v) is 3.74. The minimum Gasteiger partial charge on any atom is -0.481 e. The number of thioether (sulfide) groups is 1. The van der Waals surface area contributed by atoms with Gasteiger partial charge in [0.15, 0.2) is 0 Å². The van der Waals surface area contributed by atoms with Crippen molar-refractivity contribution in [3.63, 3.8) is 0 Å². The van der Waals surface area contributed by atoms with Crippen LogP contribution in [0.1, 0.15) is 13.8 Å². The number of hydrogen-bond donors (Lipinski definition) is 2. The molecule has 1 atom stereocenters. The fourth-order valence-corrected chi connectivity index (χ4v) is 1.55. The van der Waals surface area contributed by atoms with Crippen LogP contribution in [0.2, 0.25) is 0 Å². The third-order valence-corrected chi connectivity index (χ3v) is 2.60. The molecule has 0 spiro atoms. The van der Waals surface area contributed by atoms with Gasteiger partial charge in [0.2, 0.25) is 5.91 Å². The number of aliphatic carboxylic acids is 1. The lowest BCUT2D eigenvalue weighted by molar-refractivity contribution is -0.140. The van der Waals surface area contributed by atoms with Crippen molar-refractivity contribution >= 4 is 23.6 Å². The average Bonchev–Trinajstić information content (AvgIpc) is 2.04. The molecular formula is C8H15NO3S. The van der Waals surface area contributed by atoms with E-state index < -0.39 is 5.97 Å². The maximum atomic E-state index is 10.9. The Hall–Kier alpha value is -0.710. The van der Waals surface area contributed by atoms with Gasteiger partial charge in [0, 0.05) is 12.3 Å². The lowest BCUT2D eigenvalue weighted by Crippen LogP contribution is -2.25. The first-order valence-corrected chi connectivity index (χ1v) is 5.30. The normalized spacial score (nSPS) is 12.2. The van der Waals surface area contributed by atoms with E-state index in [-0.39, 0.29) is 11.8 Å². The number of carbonyl (C=O) groups is 2. The molecule has 0 aliphatic rings. The van der Waals surface area contributed by atoms with Crippen LogP contribution >= 0.6 is 11.8 Å². The summed E-state index contributed by atoms with van der Waals surface area (Å²) in [6, 6.07) is 0. The second kappa shape index (κ2) is 6.77. The van der Waals surface area contributed by atoms with E-state index in [2.05, 4.69) is 5.32 Å². The molecule has 0 heterocycles. The number of nitrogens with one attached hydrogen (secondary N) is 1. The fourth-order valence-electron chi connectivity index (χ4n) is 0.648. The Kier molecular flexibility index (Phi) is 6.40. The van der Waals surface area contributed by atoms with Crippen molar-refractivity contribution < 1.29 is 14.7 Å². The smallest absolute Gasteiger partial charge is 0.307 e. The quantitative estimate of drug-likeness (QED) is 0.665. The maximum Gasteiger partial charge on any atom is 0.307 e. The summed E-state index contributed by atoms with van der Waals surface area (Å²) in [5.74, 6) is -0.425. The van der Waals surface area contributed by atoms with Crippen LogP contribution in [0.25, 0.3) is 0 Å². The van der Waals surface area contributed by atoms with E-state index >= 15 is 0 Å². The molecule has 0 saturated heterocycles. The van der Waals surface area contributed by atoms with Crippen molar-refractivity contribution in [2.45, 2.75) is 13.8 Å². The van der Waals surface area contributed by atoms with Crippen molar-refractivity contribution in [3.05, 3.63) is 0 Å². The molecule has 0 fully saturated rings. The number of carboxylic acid groups (broad SMARTS) is 1. The van der Waals surface area contributed by atoms with Gasteiger partial charge in [0.1, 0.15) is 0 Å². The van der Waals surface area contributed by atoms with Crippen LogP contribution in [-0.2, 0) is 9.59 Å². The second-order valence-electron chi connectivity index (χ2n) is 2.71. The first-order valence-electron chi connectivity index (χ1n) is 4.15. The highest BCUT2D eigenvalue weighted by Crippen LogP contribution is 2.07. The van der Waals surface area contributed by atoms with Crippen molar-refractivity contribution in [1.29, 1.82) is 0 Å². The fraction of sp³-hybridized carbons (Fsp3) is 0.750. The summed E-state index contributed by atoms with van der Waals surface area (Å²) in [5.41, 5.74) is 0. The summed E-state index contributed by atoms with van der Waals surface area (Å²) in [4.78, 5) is 21.3. The predicted octanol–water partition coefficient (Wildman–Crippen LogP) is 0.576. The number of carbonyl (C=O) groups excluding carboxylic acids is 1. The Balaban J connectivity index is 3.44. The number of amides is 1. The number of rotatable bonds is 6.